The standard InChI is InChI=1S/C8H8INO2/c9-3-5-12-8(11)7-2-1-4-10-6-7/h1-2,4,6H,3,5H2. The van der Waals surface area contributed by atoms with Crippen LogP contribution >= 0.6 is 22.6 Å². The van der Waals surface area contributed by atoms with E-state index in [1.165, 1.54) is 6.20 Å². The zero-order valence-corrected chi connectivity index (χ0v) is 8.52. The van der Waals surface area contributed by atoms with Gasteiger partial charge in [-0.15, -0.1) is 0 Å². The lowest BCUT2D eigenvalue weighted by atomic mass is 10.3. The number of carbonyl (C=O) groups is 1. The summed E-state index contributed by atoms with van der Waals surface area (Å²) in [5.74, 6) is -0.306. The summed E-state index contributed by atoms with van der Waals surface area (Å²) in [6.45, 7) is 0.453. The maximum absolute atomic E-state index is 11.1. The van der Waals surface area contributed by atoms with Crippen molar-refractivity contribution >= 4 is 28.6 Å². The second kappa shape index (κ2) is 5.08. The molecule has 0 fully saturated rings. The summed E-state index contributed by atoms with van der Waals surface area (Å²) in [4.78, 5) is 14.9. The lowest BCUT2D eigenvalue weighted by molar-refractivity contribution is 0.0532. The van der Waals surface area contributed by atoms with Gasteiger partial charge in [-0.3, -0.25) is 4.98 Å². The Hall–Kier alpha value is -0.650. The number of esters is 1. The number of ether oxygens (including phenoxy) is 1. The van der Waals surface area contributed by atoms with E-state index in [2.05, 4.69) is 27.6 Å². The van der Waals surface area contributed by atoms with Crippen molar-refractivity contribution in [3.8, 4) is 0 Å². The first-order valence-corrected chi connectivity index (χ1v) is 5.00. The van der Waals surface area contributed by atoms with Crippen molar-refractivity contribution in [1.82, 2.24) is 4.98 Å². The summed E-state index contributed by atoms with van der Waals surface area (Å²) in [5.41, 5.74) is 0.502. The third kappa shape index (κ3) is 2.77. The zero-order valence-electron chi connectivity index (χ0n) is 6.37. The molecule has 1 heterocycles. The largest absolute Gasteiger partial charge is 0.461 e. The highest BCUT2D eigenvalue weighted by atomic mass is 127. The van der Waals surface area contributed by atoms with Gasteiger partial charge < -0.3 is 4.74 Å². The van der Waals surface area contributed by atoms with Crippen LogP contribution < -0.4 is 0 Å². The minimum atomic E-state index is -0.306. The van der Waals surface area contributed by atoms with Gasteiger partial charge >= 0.3 is 5.97 Å². The Morgan fingerprint density at radius 1 is 1.67 bits per heavy atom. The lowest BCUT2D eigenvalue weighted by Gasteiger charge is -2.00. The Balaban J connectivity index is 2.54. The predicted molar refractivity (Wildman–Crippen MR) is 53.4 cm³/mol. The SMILES string of the molecule is O=C(OCCI)c1cccnc1. The number of nitrogens with zero attached hydrogens (tertiary/aromatic N) is 1. The smallest absolute Gasteiger partial charge is 0.339 e. The molecular formula is C8H8INO2. The number of hydrogen-bond acceptors (Lipinski definition) is 3. The fourth-order valence-corrected chi connectivity index (χ4v) is 0.918. The number of pyridine rings is 1. The summed E-state index contributed by atoms with van der Waals surface area (Å²) >= 11 is 2.15. The van der Waals surface area contributed by atoms with E-state index in [0.717, 1.165) is 4.43 Å². The van der Waals surface area contributed by atoms with E-state index in [-0.39, 0.29) is 5.97 Å². The van der Waals surface area contributed by atoms with E-state index in [1.807, 2.05) is 0 Å². The van der Waals surface area contributed by atoms with Crippen molar-refractivity contribution in [1.29, 1.82) is 0 Å². The number of hydrogen-bond donors (Lipinski definition) is 0. The minimum Gasteiger partial charge on any atom is -0.461 e. The molecular weight excluding hydrogens is 269 g/mol. The van der Waals surface area contributed by atoms with Crippen LogP contribution in [0.2, 0.25) is 0 Å². The van der Waals surface area contributed by atoms with Gasteiger partial charge in [0.25, 0.3) is 0 Å². The predicted octanol–water partition coefficient (Wildman–Crippen LogP) is 1.67. The topological polar surface area (TPSA) is 39.2 Å². The van der Waals surface area contributed by atoms with Gasteiger partial charge in [0.15, 0.2) is 0 Å². The molecule has 12 heavy (non-hydrogen) atoms. The summed E-state index contributed by atoms with van der Waals surface area (Å²) < 4.78 is 5.70. The van der Waals surface area contributed by atoms with Crippen LogP contribution in [0.25, 0.3) is 0 Å². The minimum absolute atomic E-state index is 0.306. The summed E-state index contributed by atoms with van der Waals surface area (Å²) in [6, 6.07) is 3.39. The number of alkyl halides is 1. The van der Waals surface area contributed by atoms with Crippen LogP contribution in [0.3, 0.4) is 0 Å². The molecule has 0 atom stereocenters. The number of aromatic nitrogens is 1. The Morgan fingerprint density at radius 3 is 3.08 bits per heavy atom. The lowest BCUT2D eigenvalue weighted by Crippen LogP contribution is -2.06. The van der Waals surface area contributed by atoms with Gasteiger partial charge in [-0.25, -0.2) is 4.79 Å². The molecule has 3 nitrogen and oxygen atoms in total. The Bertz CT molecular complexity index is 250. The Morgan fingerprint density at radius 2 is 2.50 bits per heavy atom. The highest BCUT2D eigenvalue weighted by molar-refractivity contribution is 14.1. The summed E-state index contributed by atoms with van der Waals surface area (Å²) in [6.07, 6.45) is 3.12. The van der Waals surface area contributed by atoms with E-state index < -0.39 is 0 Å². The van der Waals surface area contributed by atoms with Crippen LogP contribution in [0.4, 0.5) is 0 Å². The zero-order chi connectivity index (χ0) is 8.81. The monoisotopic (exact) mass is 277 g/mol. The first kappa shape index (κ1) is 9.44. The van der Waals surface area contributed by atoms with E-state index in [1.54, 1.807) is 18.3 Å². The third-order valence-corrected chi connectivity index (χ3v) is 1.65. The van der Waals surface area contributed by atoms with Crippen LogP contribution in [0, 0.1) is 0 Å². The van der Waals surface area contributed by atoms with E-state index in [0.29, 0.717) is 12.2 Å². The van der Waals surface area contributed by atoms with Crippen molar-refractivity contribution in [2.45, 2.75) is 0 Å². The van der Waals surface area contributed by atoms with Crippen LogP contribution in [0.5, 0.6) is 0 Å². The molecule has 1 aromatic heterocycles. The maximum Gasteiger partial charge on any atom is 0.339 e. The van der Waals surface area contributed by atoms with Gasteiger partial charge in [-0.2, -0.15) is 0 Å². The van der Waals surface area contributed by atoms with Gasteiger partial charge in [-0.05, 0) is 12.1 Å². The average Bonchev–Trinajstić information content (AvgIpc) is 2.15. The Labute approximate surface area is 84.3 Å². The van der Waals surface area contributed by atoms with Crippen LogP contribution in [-0.4, -0.2) is 22.0 Å². The van der Waals surface area contributed by atoms with Crippen LogP contribution in [0.15, 0.2) is 24.5 Å². The molecule has 1 aromatic rings. The summed E-state index contributed by atoms with van der Waals surface area (Å²) in [5, 5.41) is 0. The normalized spacial score (nSPS) is 9.42. The number of halogens is 1. The highest BCUT2D eigenvalue weighted by Gasteiger charge is 2.04. The molecule has 0 bridgehead atoms. The number of rotatable bonds is 3. The molecule has 0 aliphatic carbocycles. The quantitative estimate of drug-likeness (QED) is 0.479. The van der Waals surface area contributed by atoms with Crippen molar-refractivity contribution in [3.05, 3.63) is 30.1 Å². The van der Waals surface area contributed by atoms with E-state index in [4.69, 9.17) is 4.74 Å². The average molecular weight is 277 g/mol. The first-order chi connectivity index (χ1) is 5.84. The van der Waals surface area contributed by atoms with Gasteiger partial charge in [0, 0.05) is 16.8 Å². The van der Waals surface area contributed by atoms with Gasteiger partial charge in [-0.1, -0.05) is 22.6 Å². The second-order valence-electron chi connectivity index (χ2n) is 2.07. The molecule has 64 valence electrons. The highest BCUT2D eigenvalue weighted by Crippen LogP contribution is 1.98. The molecule has 0 saturated heterocycles. The molecule has 0 aliphatic heterocycles. The first-order valence-electron chi connectivity index (χ1n) is 3.47. The van der Waals surface area contributed by atoms with E-state index in [9.17, 15) is 4.79 Å². The fraction of sp³-hybridized carbons (Fsp3) is 0.250. The molecule has 0 N–H and O–H groups in total. The maximum atomic E-state index is 11.1. The van der Waals surface area contributed by atoms with Crippen molar-refractivity contribution in [3.63, 3.8) is 0 Å². The molecule has 0 unspecified atom stereocenters. The summed E-state index contributed by atoms with van der Waals surface area (Å²) in [7, 11) is 0. The molecule has 4 heteroatoms. The number of carbonyl (C=O) groups excluding carboxylic acids is 1. The molecule has 0 radical (unpaired) electrons. The molecule has 0 amide bonds. The van der Waals surface area contributed by atoms with Crippen LogP contribution in [0.1, 0.15) is 10.4 Å². The van der Waals surface area contributed by atoms with Gasteiger partial charge in [0.1, 0.15) is 6.61 Å². The van der Waals surface area contributed by atoms with Crippen molar-refractivity contribution in [2.24, 2.45) is 0 Å². The molecule has 0 aliphatic rings. The van der Waals surface area contributed by atoms with Gasteiger partial charge in [0.2, 0.25) is 0 Å². The van der Waals surface area contributed by atoms with Crippen molar-refractivity contribution < 1.29 is 9.53 Å². The molecule has 0 saturated carbocycles. The molecule has 0 aromatic carbocycles. The van der Waals surface area contributed by atoms with E-state index >= 15 is 0 Å². The fourth-order valence-electron chi connectivity index (χ4n) is 0.698. The second-order valence-corrected chi connectivity index (χ2v) is 3.15. The third-order valence-electron chi connectivity index (χ3n) is 1.21. The van der Waals surface area contributed by atoms with Gasteiger partial charge in [0.05, 0.1) is 5.56 Å². The van der Waals surface area contributed by atoms with Crippen molar-refractivity contribution in [2.75, 3.05) is 11.0 Å². The molecule has 0 spiro atoms. The Kier molecular flexibility index (Phi) is 3.99. The molecule has 1 rings (SSSR count). The van der Waals surface area contributed by atoms with Crippen LogP contribution in [-0.2, 0) is 4.74 Å².